The molecule has 0 spiro atoms. The van der Waals surface area contributed by atoms with E-state index in [9.17, 15) is 23.1 Å². The van der Waals surface area contributed by atoms with Crippen molar-refractivity contribution in [1.29, 1.82) is 0 Å². The lowest BCUT2D eigenvalue weighted by atomic mass is 9.85. The first-order valence-corrected chi connectivity index (χ1v) is 5.95. The Labute approximate surface area is 118 Å². The van der Waals surface area contributed by atoms with Crippen LogP contribution in [0, 0.1) is 6.92 Å². The standard InChI is InChI=1S/C13H13F3N2O3/c1-3-21-11(19)10(18-17)12(20,13(14,15)16)9-7-5-4-6-8(9)2/h4-7,20H,3H2,1-2H3. The minimum Gasteiger partial charge on any atom is -0.457 e. The smallest absolute Gasteiger partial charge is 0.433 e. The molecule has 0 aliphatic rings. The predicted octanol–water partition coefficient (Wildman–Crippen LogP) is 1.98. The lowest BCUT2D eigenvalue weighted by molar-refractivity contribution is -0.247. The highest BCUT2D eigenvalue weighted by Crippen LogP contribution is 2.41. The maximum absolute atomic E-state index is 13.4. The zero-order valence-electron chi connectivity index (χ0n) is 11.3. The molecule has 0 bridgehead atoms. The molecular weight excluding hydrogens is 289 g/mol. The third-order valence-corrected chi connectivity index (χ3v) is 2.86. The van der Waals surface area contributed by atoms with Crippen molar-refractivity contribution in [3.63, 3.8) is 0 Å². The first-order chi connectivity index (χ1) is 9.70. The van der Waals surface area contributed by atoms with Crippen LogP contribution in [-0.2, 0) is 15.1 Å². The molecule has 1 N–H and O–H groups in total. The van der Waals surface area contributed by atoms with Gasteiger partial charge in [-0.25, -0.2) is 4.79 Å². The number of aliphatic hydroxyl groups is 1. The molecule has 0 saturated carbocycles. The van der Waals surface area contributed by atoms with Crippen molar-refractivity contribution in [2.24, 2.45) is 0 Å². The summed E-state index contributed by atoms with van der Waals surface area (Å²) in [5.74, 6) is -1.55. The molecule has 0 radical (unpaired) electrons. The first-order valence-electron chi connectivity index (χ1n) is 5.95. The lowest BCUT2D eigenvalue weighted by Gasteiger charge is -2.27. The Morgan fingerprint density at radius 3 is 2.38 bits per heavy atom. The number of hydrogen-bond acceptors (Lipinski definition) is 3. The molecule has 0 aliphatic carbocycles. The number of carbonyl (C=O) groups is 1. The van der Waals surface area contributed by atoms with Crippen LogP contribution in [-0.4, -0.2) is 34.4 Å². The van der Waals surface area contributed by atoms with E-state index in [4.69, 9.17) is 5.53 Å². The molecule has 8 heteroatoms. The van der Waals surface area contributed by atoms with Gasteiger partial charge in [0.15, 0.2) is 0 Å². The van der Waals surface area contributed by atoms with Crippen LogP contribution in [0.4, 0.5) is 13.2 Å². The van der Waals surface area contributed by atoms with Crippen LogP contribution >= 0.6 is 0 Å². The molecule has 1 aromatic carbocycles. The summed E-state index contributed by atoms with van der Waals surface area (Å²) in [4.78, 5) is 13.9. The number of aryl methyl sites for hydroxylation is 1. The fourth-order valence-electron chi connectivity index (χ4n) is 1.85. The van der Waals surface area contributed by atoms with Crippen molar-refractivity contribution in [3.8, 4) is 0 Å². The Kier molecular flexibility index (Phi) is 4.88. The van der Waals surface area contributed by atoms with Gasteiger partial charge >= 0.3 is 17.9 Å². The third-order valence-electron chi connectivity index (χ3n) is 2.86. The van der Waals surface area contributed by atoms with E-state index < -0.39 is 29.0 Å². The molecule has 114 valence electrons. The van der Waals surface area contributed by atoms with Crippen molar-refractivity contribution >= 4 is 11.7 Å². The number of alkyl halides is 3. The second-order valence-electron chi connectivity index (χ2n) is 4.19. The number of carbonyl (C=O) groups excluding carboxylic acids is 1. The van der Waals surface area contributed by atoms with Crippen LogP contribution in [0.2, 0.25) is 0 Å². The van der Waals surface area contributed by atoms with Gasteiger partial charge in [0.25, 0.3) is 5.60 Å². The molecule has 1 aromatic rings. The van der Waals surface area contributed by atoms with Gasteiger partial charge in [0.2, 0.25) is 0 Å². The average molecular weight is 302 g/mol. The fourth-order valence-corrected chi connectivity index (χ4v) is 1.85. The third kappa shape index (κ3) is 2.96. The number of hydrogen-bond donors (Lipinski definition) is 1. The zero-order chi connectivity index (χ0) is 16.3. The number of nitrogens with zero attached hydrogens (tertiary/aromatic N) is 2. The van der Waals surface area contributed by atoms with Crippen LogP contribution in [0.5, 0.6) is 0 Å². The van der Waals surface area contributed by atoms with Gasteiger partial charge in [-0.15, -0.1) is 0 Å². The molecule has 0 saturated heterocycles. The molecule has 1 atom stereocenters. The maximum atomic E-state index is 13.4. The van der Waals surface area contributed by atoms with Crippen LogP contribution < -0.4 is 0 Å². The highest BCUT2D eigenvalue weighted by molar-refractivity contribution is 6.37. The molecule has 0 aromatic heterocycles. The van der Waals surface area contributed by atoms with Crippen LogP contribution in [0.15, 0.2) is 24.3 Å². The zero-order valence-corrected chi connectivity index (χ0v) is 11.3. The predicted molar refractivity (Wildman–Crippen MR) is 66.4 cm³/mol. The van der Waals surface area contributed by atoms with Gasteiger partial charge in [-0.1, -0.05) is 24.3 Å². The van der Waals surface area contributed by atoms with Gasteiger partial charge < -0.3 is 15.4 Å². The van der Waals surface area contributed by atoms with E-state index in [2.05, 4.69) is 9.53 Å². The SMILES string of the molecule is CCOC(=O)C(=[N+]=[N-])C(O)(c1ccccc1C)C(F)(F)F. The van der Waals surface area contributed by atoms with Gasteiger partial charge in [0, 0.05) is 5.56 Å². The van der Waals surface area contributed by atoms with E-state index in [1.807, 2.05) is 0 Å². The van der Waals surface area contributed by atoms with Crippen molar-refractivity contribution in [2.75, 3.05) is 6.61 Å². The van der Waals surface area contributed by atoms with Crippen LogP contribution in [0.3, 0.4) is 0 Å². The molecule has 0 heterocycles. The Hall–Kier alpha value is -2.18. The Morgan fingerprint density at radius 1 is 1.38 bits per heavy atom. The molecule has 21 heavy (non-hydrogen) atoms. The van der Waals surface area contributed by atoms with E-state index in [0.29, 0.717) is 0 Å². The second kappa shape index (κ2) is 6.07. The largest absolute Gasteiger partial charge is 0.457 e. The number of rotatable bonds is 4. The Balaban J connectivity index is 3.60. The summed E-state index contributed by atoms with van der Waals surface area (Å²) >= 11 is 0. The summed E-state index contributed by atoms with van der Waals surface area (Å²) in [6.07, 6.45) is -5.28. The molecular formula is C13H13F3N2O3. The topological polar surface area (TPSA) is 82.9 Å². The monoisotopic (exact) mass is 302 g/mol. The minimum atomic E-state index is -5.28. The summed E-state index contributed by atoms with van der Waals surface area (Å²) in [5.41, 5.74) is 2.96. The van der Waals surface area contributed by atoms with E-state index in [-0.39, 0.29) is 12.2 Å². The van der Waals surface area contributed by atoms with Crippen molar-refractivity contribution < 1.29 is 32.6 Å². The van der Waals surface area contributed by atoms with E-state index in [1.165, 1.54) is 32.0 Å². The minimum absolute atomic E-state index is 0.0720. The highest BCUT2D eigenvalue weighted by atomic mass is 19.4. The van der Waals surface area contributed by atoms with Gasteiger partial charge in [0.05, 0.1) is 6.61 Å². The number of halogens is 3. The lowest BCUT2D eigenvalue weighted by Crippen LogP contribution is -2.53. The van der Waals surface area contributed by atoms with Crippen molar-refractivity contribution in [2.45, 2.75) is 25.6 Å². The normalized spacial score (nSPS) is 14.0. The van der Waals surface area contributed by atoms with E-state index in [1.54, 1.807) is 0 Å². The van der Waals surface area contributed by atoms with E-state index in [0.717, 1.165) is 6.07 Å². The molecule has 0 amide bonds. The summed E-state index contributed by atoms with van der Waals surface area (Å²) in [6, 6.07) is 5.05. The fraction of sp³-hybridized carbons (Fsp3) is 0.385. The molecule has 0 aliphatic heterocycles. The number of ether oxygens (including phenoxy) is 1. The van der Waals surface area contributed by atoms with Crippen molar-refractivity contribution in [1.82, 2.24) is 0 Å². The Morgan fingerprint density at radius 2 is 1.95 bits per heavy atom. The number of esters is 1. The van der Waals surface area contributed by atoms with Crippen molar-refractivity contribution in [3.05, 3.63) is 40.9 Å². The van der Waals surface area contributed by atoms with Gasteiger partial charge in [0.1, 0.15) is 0 Å². The Bertz CT molecular complexity index is 595. The average Bonchev–Trinajstić information content (AvgIpc) is 2.38. The second-order valence-corrected chi connectivity index (χ2v) is 4.19. The van der Waals surface area contributed by atoms with Gasteiger partial charge in [-0.05, 0) is 19.4 Å². The first kappa shape index (κ1) is 16.9. The molecule has 1 unspecified atom stereocenters. The summed E-state index contributed by atoms with van der Waals surface area (Å²) in [7, 11) is 0. The summed E-state index contributed by atoms with van der Waals surface area (Å²) in [6.45, 7) is 2.46. The quantitative estimate of drug-likeness (QED) is 0.399. The number of benzene rings is 1. The molecule has 1 rings (SSSR count). The molecule has 5 nitrogen and oxygen atoms in total. The van der Waals surface area contributed by atoms with Crippen LogP contribution in [0.25, 0.3) is 5.53 Å². The highest BCUT2D eigenvalue weighted by Gasteiger charge is 2.67. The van der Waals surface area contributed by atoms with Gasteiger partial charge in [-0.3, -0.25) is 0 Å². The maximum Gasteiger partial charge on any atom is 0.433 e. The van der Waals surface area contributed by atoms with Crippen LogP contribution in [0.1, 0.15) is 18.1 Å². The summed E-state index contributed by atoms with van der Waals surface area (Å²) in [5, 5.41) is 10.1. The summed E-state index contributed by atoms with van der Waals surface area (Å²) < 4.78 is 44.5. The van der Waals surface area contributed by atoms with E-state index >= 15 is 0 Å². The molecule has 0 fully saturated rings. The van der Waals surface area contributed by atoms with Gasteiger partial charge in [-0.2, -0.15) is 18.0 Å².